The van der Waals surface area contributed by atoms with Crippen LogP contribution in [0.15, 0.2) is 29.3 Å². The Kier molecular flexibility index (Phi) is 3.73. The zero-order chi connectivity index (χ0) is 15.0. The first kappa shape index (κ1) is 14.5. The van der Waals surface area contributed by atoms with Crippen LogP contribution < -0.4 is 11.5 Å². The minimum atomic E-state index is -0.971. The fourth-order valence-corrected chi connectivity index (χ4v) is 3.33. The molecule has 0 aromatic heterocycles. The summed E-state index contributed by atoms with van der Waals surface area (Å²) in [6, 6.07) is 6.82. The van der Waals surface area contributed by atoms with Gasteiger partial charge in [-0.15, -0.1) is 0 Å². The fourth-order valence-electron chi connectivity index (χ4n) is 3.04. The topological polar surface area (TPSA) is 90.7 Å². The number of benzene rings is 1. The van der Waals surface area contributed by atoms with Crippen LogP contribution in [0.5, 0.6) is 0 Å². The minimum absolute atomic E-state index is 0.0326. The molecule has 1 unspecified atom stereocenters. The van der Waals surface area contributed by atoms with Crippen LogP contribution in [0.4, 0.5) is 0 Å². The van der Waals surface area contributed by atoms with Crippen molar-refractivity contribution >= 4 is 23.3 Å². The van der Waals surface area contributed by atoms with Gasteiger partial charge in [0.2, 0.25) is 11.7 Å². The van der Waals surface area contributed by atoms with Crippen molar-refractivity contribution < 1.29 is 9.53 Å². The summed E-state index contributed by atoms with van der Waals surface area (Å²) in [4.78, 5) is 17.3. The largest absolute Gasteiger partial charge is 0.468 e. The molecule has 0 saturated heterocycles. The number of carbonyl (C=O) groups is 1. The Hall–Kier alpha value is -1.43. The first-order valence-electron chi connectivity index (χ1n) is 7.10. The lowest BCUT2D eigenvalue weighted by atomic mass is 9.73. The van der Waals surface area contributed by atoms with E-state index in [2.05, 4.69) is 4.99 Å². The number of hydrogen-bond donors (Lipinski definition) is 2. The van der Waals surface area contributed by atoms with Crippen molar-refractivity contribution in [1.29, 1.82) is 0 Å². The third-order valence-electron chi connectivity index (χ3n) is 4.16. The lowest BCUT2D eigenvalue weighted by Crippen LogP contribution is -2.55. The molecule has 1 heterocycles. The van der Waals surface area contributed by atoms with Crippen molar-refractivity contribution in [3.8, 4) is 0 Å². The summed E-state index contributed by atoms with van der Waals surface area (Å²) >= 11 is 6.31. The van der Waals surface area contributed by atoms with Gasteiger partial charge in [0, 0.05) is 17.1 Å². The smallest absolute Gasteiger partial charge is 0.205 e. The van der Waals surface area contributed by atoms with Crippen LogP contribution in [0.3, 0.4) is 0 Å². The summed E-state index contributed by atoms with van der Waals surface area (Å²) < 4.78 is 5.66. The Balaban J connectivity index is 2.16. The van der Waals surface area contributed by atoms with Crippen LogP contribution in [0.1, 0.15) is 24.8 Å². The Morgan fingerprint density at radius 2 is 2.24 bits per heavy atom. The Morgan fingerprint density at radius 3 is 2.95 bits per heavy atom. The highest BCUT2D eigenvalue weighted by Crippen LogP contribution is 2.44. The summed E-state index contributed by atoms with van der Waals surface area (Å²) in [7, 11) is 0. The van der Waals surface area contributed by atoms with Crippen LogP contribution in [0.25, 0.3) is 0 Å². The quantitative estimate of drug-likeness (QED) is 0.882. The number of nitrogens with two attached hydrogens (primary N) is 2. The Bertz CT molecular complexity index is 604. The molecular formula is C15H18ClN3O2. The van der Waals surface area contributed by atoms with Gasteiger partial charge >= 0.3 is 0 Å². The second-order valence-electron chi connectivity index (χ2n) is 5.50. The van der Waals surface area contributed by atoms with Gasteiger partial charge in [0.1, 0.15) is 0 Å². The van der Waals surface area contributed by atoms with E-state index in [1.807, 2.05) is 18.2 Å². The zero-order valence-corrected chi connectivity index (χ0v) is 12.3. The van der Waals surface area contributed by atoms with Crippen LogP contribution in [-0.4, -0.2) is 30.4 Å². The number of halogens is 1. The van der Waals surface area contributed by atoms with Gasteiger partial charge in [0.15, 0.2) is 11.6 Å². The number of Topliss-reactive ketones (excluding diaryl/α,β-unsaturated/α-hetero) is 1. The van der Waals surface area contributed by atoms with Crippen molar-refractivity contribution in [3.05, 3.63) is 34.9 Å². The molecule has 3 atom stereocenters. The highest BCUT2D eigenvalue weighted by molar-refractivity contribution is 6.32. The van der Waals surface area contributed by atoms with E-state index in [0.717, 1.165) is 12.0 Å². The van der Waals surface area contributed by atoms with E-state index in [1.165, 1.54) is 0 Å². The standard InChI is InChI=1S/C15H18ClN3O2/c16-10-5-2-1-4-9(10)15-7-3-6-12(13(15)20)21-14(19-15)11(18)8-17/h1-2,4-5,11-12H,3,6-8,17-18H2/t11?,12-,15-/m0/s1. The maximum absolute atomic E-state index is 12.8. The molecule has 6 heteroatoms. The molecule has 21 heavy (non-hydrogen) atoms. The van der Waals surface area contributed by atoms with Gasteiger partial charge in [0.25, 0.3) is 0 Å². The summed E-state index contributed by atoms with van der Waals surface area (Å²) in [5, 5.41) is 0.540. The van der Waals surface area contributed by atoms with E-state index in [-0.39, 0.29) is 12.3 Å². The van der Waals surface area contributed by atoms with E-state index in [0.29, 0.717) is 23.8 Å². The zero-order valence-electron chi connectivity index (χ0n) is 11.6. The van der Waals surface area contributed by atoms with Gasteiger partial charge in [-0.2, -0.15) is 0 Å². The van der Waals surface area contributed by atoms with Crippen molar-refractivity contribution in [2.45, 2.75) is 36.9 Å². The molecule has 4 N–H and O–H groups in total. The van der Waals surface area contributed by atoms with Crippen molar-refractivity contribution in [3.63, 3.8) is 0 Å². The van der Waals surface area contributed by atoms with Crippen LogP contribution in [0, 0.1) is 0 Å². The maximum Gasteiger partial charge on any atom is 0.205 e. The molecule has 1 aliphatic heterocycles. The van der Waals surface area contributed by atoms with Gasteiger partial charge in [-0.05, 0) is 25.3 Å². The Labute approximate surface area is 128 Å². The first-order chi connectivity index (χ1) is 10.1. The summed E-state index contributed by atoms with van der Waals surface area (Å²) in [6.45, 7) is 0.221. The third kappa shape index (κ3) is 2.25. The second-order valence-corrected chi connectivity index (χ2v) is 5.90. The molecular weight excluding hydrogens is 290 g/mol. The van der Waals surface area contributed by atoms with Crippen molar-refractivity contribution in [1.82, 2.24) is 0 Å². The molecule has 3 rings (SSSR count). The molecule has 0 spiro atoms. The molecule has 1 aliphatic carbocycles. The number of carbonyl (C=O) groups excluding carboxylic acids is 1. The molecule has 2 bridgehead atoms. The van der Waals surface area contributed by atoms with E-state index < -0.39 is 17.7 Å². The van der Waals surface area contributed by atoms with E-state index >= 15 is 0 Å². The average molecular weight is 308 g/mol. The van der Waals surface area contributed by atoms with Crippen LogP contribution >= 0.6 is 11.6 Å². The van der Waals surface area contributed by atoms with Gasteiger partial charge < -0.3 is 16.2 Å². The lowest BCUT2D eigenvalue weighted by Gasteiger charge is -2.42. The molecule has 0 radical (unpaired) electrons. The SMILES string of the molecule is NCC(N)C1=N[C@]2(c3ccccc3Cl)CCC[C@H](O1)C2=O. The first-order valence-corrected chi connectivity index (χ1v) is 7.47. The number of rotatable bonds is 3. The average Bonchev–Trinajstić information content (AvgIpc) is 2.47. The monoisotopic (exact) mass is 307 g/mol. The number of ketones is 1. The molecule has 1 fully saturated rings. The van der Waals surface area contributed by atoms with Gasteiger partial charge in [0.05, 0.1) is 6.04 Å². The number of fused-ring (bicyclic) bond motifs is 2. The van der Waals surface area contributed by atoms with E-state index in [1.54, 1.807) is 6.07 Å². The third-order valence-corrected chi connectivity index (χ3v) is 4.49. The number of nitrogens with zero attached hydrogens (tertiary/aromatic N) is 1. The molecule has 1 aromatic carbocycles. The number of hydrogen-bond acceptors (Lipinski definition) is 5. The van der Waals surface area contributed by atoms with Crippen LogP contribution in [-0.2, 0) is 15.1 Å². The molecule has 1 saturated carbocycles. The molecule has 2 aliphatic rings. The van der Waals surface area contributed by atoms with Gasteiger partial charge in [-0.3, -0.25) is 4.79 Å². The lowest BCUT2D eigenvalue weighted by molar-refractivity contribution is -0.137. The summed E-state index contributed by atoms with van der Waals surface area (Å²) in [5.74, 6) is 0.330. The molecule has 112 valence electrons. The van der Waals surface area contributed by atoms with E-state index in [4.69, 9.17) is 27.8 Å². The predicted octanol–water partition coefficient (Wildman–Crippen LogP) is 1.37. The van der Waals surface area contributed by atoms with Gasteiger partial charge in [-0.25, -0.2) is 4.99 Å². The Morgan fingerprint density at radius 1 is 1.48 bits per heavy atom. The molecule has 0 amide bonds. The predicted molar refractivity (Wildman–Crippen MR) is 81.3 cm³/mol. The maximum atomic E-state index is 12.8. The fraction of sp³-hybridized carbons (Fsp3) is 0.467. The summed E-state index contributed by atoms with van der Waals surface area (Å²) in [6.07, 6.45) is 1.66. The molecule has 1 aromatic rings. The number of ether oxygens (including phenoxy) is 1. The summed E-state index contributed by atoms with van der Waals surface area (Å²) in [5.41, 5.74) is 11.3. The molecule has 5 nitrogen and oxygen atoms in total. The number of aliphatic imine (C=N–C) groups is 1. The highest BCUT2D eigenvalue weighted by Gasteiger charge is 2.52. The van der Waals surface area contributed by atoms with E-state index in [9.17, 15) is 4.79 Å². The minimum Gasteiger partial charge on any atom is -0.468 e. The second kappa shape index (κ2) is 5.40. The highest BCUT2D eigenvalue weighted by atomic mass is 35.5. The normalized spacial score (nSPS) is 29.6. The van der Waals surface area contributed by atoms with Gasteiger partial charge in [-0.1, -0.05) is 29.8 Å². The van der Waals surface area contributed by atoms with Crippen molar-refractivity contribution in [2.24, 2.45) is 16.5 Å². The van der Waals surface area contributed by atoms with Crippen LogP contribution in [0.2, 0.25) is 5.02 Å². The van der Waals surface area contributed by atoms with Crippen molar-refractivity contribution in [2.75, 3.05) is 6.54 Å².